The summed E-state index contributed by atoms with van der Waals surface area (Å²) >= 11 is 0. The average molecular weight is 423 g/mol. The number of pyridine rings is 1. The van der Waals surface area contributed by atoms with Crippen LogP contribution in [0.1, 0.15) is 37.7 Å². The van der Waals surface area contributed by atoms with Crippen LogP contribution in [0.15, 0.2) is 24.4 Å². The molecule has 1 atom stereocenters. The smallest absolute Gasteiger partial charge is 0.407 e. The maximum absolute atomic E-state index is 12.2. The fraction of sp³-hybridized carbons (Fsp3) is 0.571. The Kier molecular flexibility index (Phi) is 7.59. The van der Waals surface area contributed by atoms with Crippen molar-refractivity contribution in [3.8, 4) is 5.88 Å². The van der Waals surface area contributed by atoms with Gasteiger partial charge in [0.2, 0.25) is 11.8 Å². The molecule has 2 aliphatic rings. The maximum Gasteiger partial charge on any atom is 0.407 e. The molecule has 0 aromatic carbocycles. The molecule has 0 spiro atoms. The SMILES string of the molecule is O=C(NCC(F)F)C1CC=C(c2ccc(OCC3CCN(C(=O)O)CC3)nc2)CC1. The van der Waals surface area contributed by atoms with Crippen LogP contribution in [0.25, 0.3) is 5.57 Å². The highest BCUT2D eigenvalue weighted by Gasteiger charge is 2.24. The molecule has 0 bridgehead atoms. The van der Waals surface area contributed by atoms with E-state index in [4.69, 9.17) is 9.84 Å². The minimum atomic E-state index is -2.53. The van der Waals surface area contributed by atoms with Gasteiger partial charge >= 0.3 is 6.09 Å². The van der Waals surface area contributed by atoms with Crippen LogP contribution in [0.5, 0.6) is 5.88 Å². The van der Waals surface area contributed by atoms with Crippen molar-refractivity contribution in [2.45, 2.75) is 38.5 Å². The Labute approximate surface area is 174 Å². The number of ether oxygens (including phenoxy) is 1. The molecule has 9 heteroatoms. The van der Waals surface area contributed by atoms with Gasteiger partial charge in [-0.3, -0.25) is 4.79 Å². The van der Waals surface area contributed by atoms with Crippen molar-refractivity contribution in [3.05, 3.63) is 30.0 Å². The maximum atomic E-state index is 12.2. The van der Waals surface area contributed by atoms with E-state index in [2.05, 4.69) is 10.3 Å². The van der Waals surface area contributed by atoms with Crippen molar-refractivity contribution < 1.29 is 28.2 Å². The summed E-state index contributed by atoms with van der Waals surface area (Å²) in [5.41, 5.74) is 2.05. The summed E-state index contributed by atoms with van der Waals surface area (Å²) in [7, 11) is 0. The van der Waals surface area contributed by atoms with Crippen molar-refractivity contribution in [2.75, 3.05) is 26.2 Å². The van der Waals surface area contributed by atoms with E-state index in [0.717, 1.165) is 24.0 Å². The number of nitrogens with zero attached hydrogens (tertiary/aromatic N) is 2. The first-order valence-electron chi connectivity index (χ1n) is 10.2. The number of hydrogen-bond donors (Lipinski definition) is 2. The van der Waals surface area contributed by atoms with Crippen LogP contribution in [0.3, 0.4) is 0 Å². The third-order valence-electron chi connectivity index (χ3n) is 5.67. The molecule has 1 aliphatic carbocycles. The molecule has 2 N–H and O–H groups in total. The molecule has 164 valence electrons. The van der Waals surface area contributed by atoms with Gasteiger partial charge in [-0.05, 0) is 55.2 Å². The second kappa shape index (κ2) is 10.4. The number of halogens is 2. The summed E-state index contributed by atoms with van der Waals surface area (Å²) < 4.78 is 30.2. The summed E-state index contributed by atoms with van der Waals surface area (Å²) in [4.78, 5) is 28.6. The molecular weight excluding hydrogens is 396 g/mol. The lowest BCUT2D eigenvalue weighted by atomic mass is 9.86. The fourth-order valence-corrected chi connectivity index (χ4v) is 3.81. The zero-order chi connectivity index (χ0) is 21.5. The van der Waals surface area contributed by atoms with Crippen molar-refractivity contribution in [2.24, 2.45) is 11.8 Å². The molecule has 1 saturated heterocycles. The third-order valence-corrected chi connectivity index (χ3v) is 5.67. The number of piperidine rings is 1. The number of amides is 2. The zero-order valence-electron chi connectivity index (χ0n) is 16.7. The number of allylic oxidation sites excluding steroid dienone is 2. The number of likely N-dealkylation sites (tertiary alicyclic amines) is 1. The molecule has 30 heavy (non-hydrogen) atoms. The lowest BCUT2D eigenvalue weighted by Crippen LogP contribution is -2.38. The number of rotatable bonds is 7. The monoisotopic (exact) mass is 423 g/mol. The van der Waals surface area contributed by atoms with E-state index in [1.165, 1.54) is 4.90 Å². The highest BCUT2D eigenvalue weighted by molar-refractivity contribution is 5.80. The molecule has 3 rings (SSSR count). The van der Waals surface area contributed by atoms with Gasteiger partial charge in [0.05, 0.1) is 13.2 Å². The van der Waals surface area contributed by atoms with Crippen molar-refractivity contribution >= 4 is 17.6 Å². The van der Waals surface area contributed by atoms with Crippen LogP contribution in [-0.2, 0) is 4.79 Å². The Morgan fingerprint density at radius 2 is 2.03 bits per heavy atom. The lowest BCUT2D eigenvalue weighted by Gasteiger charge is -2.29. The van der Waals surface area contributed by atoms with Crippen LogP contribution in [0.4, 0.5) is 13.6 Å². The van der Waals surface area contributed by atoms with Gasteiger partial charge in [0.25, 0.3) is 6.43 Å². The van der Waals surface area contributed by atoms with Crippen LogP contribution >= 0.6 is 0 Å². The summed E-state index contributed by atoms with van der Waals surface area (Å²) in [6.45, 7) is 0.976. The van der Waals surface area contributed by atoms with E-state index in [1.54, 1.807) is 6.20 Å². The highest BCUT2D eigenvalue weighted by Crippen LogP contribution is 2.30. The molecule has 2 amide bonds. The van der Waals surface area contributed by atoms with Gasteiger partial charge in [-0.2, -0.15) is 0 Å². The molecule has 2 heterocycles. The topological polar surface area (TPSA) is 91.8 Å². The zero-order valence-corrected chi connectivity index (χ0v) is 16.7. The number of hydrogen-bond acceptors (Lipinski definition) is 4. The Morgan fingerprint density at radius 3 is 2.60 bits per heavy atom. The number of aromatic nitrogens is 1. The third kappa shape index (κ3) is 6.14. The second-order valence-corrected chi connectivity index (χ2v) is 7.75. The largest absolute Gasteiger partial charge is 0.477 e. The van der Waals surface area contributed by atoms with E-state index in [1.807, 2.05) is 18.2 Å². The van der Waals surface area contributed by atoms with Crippen molar-refractivity contribution in [1.29, 1.82) is 0 Å². The number of carbonyl (C=O) groups excluding carboxylic acids is 1. The van der Waals surface area contributed by atoms with Crippen molar-refractivity contribution in [1.82, 2.24) is 15.2 Å². The van der Waals surface area contributed by atoms with Gasteiger partial charge in [0.15, 0.2) is 0 Å². The molecule has 0 saturated carbocycles. The Hall–Kier alpha value is -2.71. The van der Waals surface area contributed by atoms with Gasteiger partial charge in [-0.15, -0.1) is 0 Å². The van der Waals surface area contributed by atoms with Gasteiger partial charge in [0.1, 0.15) is 0 Å². The molecule has 1 aromatic heterocycles. The summed E-state index contributed by atoms with van der Waals surface area (Å²) in [6.07, 6.45) is 3.71. The fourth-order valence-electron chi connectivity index (χ4n) is 3.81. The van der Waals surface area contributed by atoms with Crippen LogP contribution < -0.4 is 10.1 Å². The Balaban J connectivity index is 1.44. The van der Waals surface area contributed by atoms with E-state index in [-0.39, 0.29) is 11.8 Å². The van der Waals surface area contributed by atoms with E-state index < -0.39 is 19.1 Å². The lowest BCUT2D eigenvalue weighted by molar-refractivity contribution is -0.125. The van der Waals surface area contributed by atoms with E-state index >= 15 is 0 Å². The normalized spacial score (nSPS) is 20.0. The molecule has 1 aromatic rings. The van der Waals surface area contributed by atoms with Gasteiger partial charge in [-0.25, -0.2) is 18.6 Å². The van der Waals surface area contributed by atoms with Gasteiger partial charge in [-0.1, -0.05) is 6.08 Å². The summed E-state index contributed by atoms with van der Waals surface area (Å²) in [5, 5.41) is 11.3. The number of carboxylic acid groups (broad SMARTS) is 1. The number of nitrogens with one attached hydrogen (secondary N) is 1. The molecule has 1 fully saturated rings. The Morgan fingerprint density at radius 1 is 1.27 bits per heavy atom. The van der Waals surface area contributed by atoms with Crippen LogP contribution in [-0.4, -0.2) is 59.7 Å². The average Bonchev–Trinajstić information content (AvgIpc) is 2.77. The Bertz CT molecular complexity index is 762. The van der Waals surface area contributed by atoms with E-state index in [9.17, 15) is 18.4 Å². The first kappa shape index (κ1) is 22.0. The number of carbonyl (C=O) groups is 2. The van der Waals surface area contributed by atoms with Gasteiger partial charge < -0.3 is 20.1 Å². The second-order valence-electron chi connectivity index (χ2n) is 7.75. The molecule has 0 radical (unpaired) electrons. The summed E-state index contributed by atoms with van der Waals surface area (Å²) in [5.74, 6) is 0.258. The van der Waals surface area contributed by atoms with E-state index in [0.29, 0.717) is 50.8 Å². The molecule has 1 aliphatic heterocycles. The van der Waals surface area contributed by atoms with Crippen molar-refractivity contribution in [3.63, 3.8) is 0 Å². The molecule has 7 nitrogen and oxygen atoms in total. The predicted octanol–water partition coefficient (Wildman–Crippen LogP) is 3.42. The quantitative estimate of drug-likeness (QED) is 0.701. The minimum Gasteiger partial charge on any atom is -0.477 e. The molecule has 1 unspecified atom stereocenters. The summed E-state index contributed by atoms with van der Waals surface area (Å²) in [6, 6.07) is 3.74. The minimum absolute atomic E-state index is 0.268. The van der Waals surface area contributed by atoms with Crippen LogP contribution in [0.2, 0.25) is 0 Å². The standard InChI is InChI=1S/C21H27F2N3O4/c22-18(23)12-25-20(27)16-3-1-15(2-4-16)17-5-6-19(24-11-17)30-13-14-7-9-26(10-8-14)21(28)29/h1,5-6,11,14,16,18H,2-4,7-10,12-13H2,(H,25,27)(H,28,29). The first-order chi connectivity index (χ1) is 14.4. The number of alkyl halides is 2. The molecular formula is C21H27F2N3O4. The highest BCUT2D eigenvalue weighted by atomic mass is 19.3. The predicted molar refractivity (Wildman–Crippen MR) is 106 cm³/mol. The van der Waals surface area contributed by atoms with Crippen LogP contribution in [0, 0.1) is 11.8 Å². The first-order valence-corrected chi connectivity index (χ1v) is 10.2. The van der Waals surface area contributed by atoms with Gasteiger partial charge in [0, 0.05) is 31.3 Å².